The molecule has 1 aromatic carbocycles. The van der Waals surface area contributed by atoms with Gasteiger partial charge in [0.05, 0.1) is 18.8 Å². The monoisotopic (exact) mass is 314 g/mol. The van der Waals surface area contributed by atoms with Crippen LogP contribution in [-0.2, 0) is 6.61 Å². The molecule has 2 N–H and O–H groups in total. The predicted octanol–water partition coefficient (Wildman–Crippen LogP) is 2.47. The Balaban J connectivity index is 1.98. The van der Waals surface area contributed by atoms with Crippen molar-refractivity contribution in [3.8, 4) is 5.75 Å². The molecule has 1 atom stereocenters. The van der Waals surface area contributed by atoms with Crippen LogP contribution in [0.5, 0.6) is 5.75 Å². The van der Waals surface area contributed by atoms with Crippen LogP contribution >= 0.6 is 0 Å². The summed E-state index contributed by atoms with van der Waals surface area (Å²) in [6.07, 6.45) is 2.37. The minimum Gasteiger partial charge on any atom is -0.487 e. The Morgan fingerprint density at radius 3 is 2.83 bits per heavy atom. The summed E-state index contributed by atoms with van der Waals surface area (Å²) in [6, 6.07) is 10.8. The fourth-order valence-corrected chi connectivity index (χ4v) is 2.05. The van der Waals surface area contributed by atoms with Gasteiger partial charge in [0, 0.05) is 11.3 Å². The number of benzene rings is 1. The molecule has 1 aromatic heterocycles. The minimum absolute atomic E-state index is 0.0640. The van der Waals surface area contributed by atoms with E-state index >= 15 is 0 Å². The van der Waals surface area contributed by atoms with Gasteiger partial charge in [-0.05, 0) is 43.2 Å². The van der Waals surface area contributed by atoms with E-state index in [1.54, 1.807) is 18.3 Å². The Hall–Kier alpha value is -2.40. The van der Waals surface area contributed by atoms with Crippen LogP contribution in [-0.4, -0.2) is 28.6 Å². The first-order valence-electron chi connectivity index (χ1n) is 7.68. The smallest absolute Gasteiger partial charge is 0.251 e. The molecule has 0 aliphatic rings. The maximum atomic E-state index is 12.2. The summed E-state index contributed by atoms with van der Waals surface area (Å²) in [5.74, 6) is 0.501. The zero-order valence-electron chi connectivity index (χ0n) is 13.5. The summed E-state index contributed by atoms with van der Waals surface area (Å²) >= 11 is 0. The second-order valence-corrected chi connectivity index (χ2v) is 5.39. The molecule has 23 heavy (non-hydrogen) atoms. The summed E-state index contributed by atoms with van der Waals surface area (Å²) in [4.78, 5) is 16.3. The molecule has 0 spiro atoms. The normalized spacial score (nSPS) is 11.8. The zero-order valence-corrected chi connectivity index (χ0v) is 13.5. The highest BCUT2D eigenvalue weighted by molar-refractivity contribution is 5.94. The van der Waals surface area contributed by atoms with Crippen molar-refractivity contribution in [2.75, 3.05) is 6.61 Å². The van der Waals surface area contributed by atoms with E-state index in [4.69, 9.17) is 9.84 Å². The van der Waals surface area contributed by atoms with Gasteiger partial charge in [0.15, 0.2) is 0 Å². The molecule has 1 amide bonds. The first kappa shape index (κ1) is 17.0. The van der Waals surface area contributed by atoms with Crippen molar-refractivity contribution in [3.05, 3.63) is 59.4 Å². The van der Waals surface area contributed by atoms with E-state index in [-0.39, 0.29) is 18.6 Å². The number of amides is 1. The highest BCUT2D eigenvalue weighted by atomic mass is 16.5. The standard InChI is InChI=1S/C18H22N2O3/c1-3-16(11-21)20-18(22)15-6-4-5-14(9-15)12-23-17-8-7-13(2)19-10-17/h4-10,16,21H,3,11-12H2,1-2H3,(H,20,22). The van der Waals surface area contributed by atoms with Crippen LogP contribution < -0.4 is 10.1 Å². The SMILES string of the molecule is CCC(CO)NC(=O)c1cccc(COc2ccc(C)nc2)c1. The molecule has 2 aromatic rings. The lowest BCUT2D eigenvalue weighted by Crippen LogP contribution is -2.36. The summed E-state index contributed by atoms with van der Waals surface area (Å²) in [5, 5.41) is 12.0. The van der Waals surface area contributed by atoms with Crippen LogP contribution in [0.4, 0.5) is 0 Å². The van der Waals surface area contributed by atoms with Crippen LogP contribution in [0.25, 0.3) is 0 Å². The first-order valence-corrected chi connectivity index (χ1v) is 7.68. The Morgan fingerprint density at radius 2 is 2.17 bits per heavy atom. The van der Waals surface area contributed by atoms with E-state index in [9.17, 15) is 4.79 Å². The summed E-state index contributed by atoms with van der Waals surface area (Å²) in [5.41, 5.74) is 2.39. The number of aliphatic hydroxyl groups is 1. The number of carbonyl (C=O) groups excluding carboxylic acids is 1. The highest BCUT2D eigenvalue weighted by Crippen LogP contribution is 2.13. The number of nitrogens with zero attached hydrogens (tertiary/aromatic N) is 1. The van der Waals surface area contributed by atoms with Gasteiger partial charge in [0.2, 0.25) is 0 Å². The Labute approximate surface area is 136 Å². The van der Waals surface area contributed by atoms with Gasteiger partial charge in [0.1, 0.15) is 12.4 Å². The van der Waals surface area contributed by atoms with Crippen molar-refractivity contribution in [1.29, 1.82) is 0 Å². The molecule has 0 aliphatic carbocycles. The van der Waals surface area contributed by atoms with E-state index in [0.29, 0.717) is 24.3 Å². The summed E-state index contributed by atoms with van der Waals surface area (Å²) in [7, 11) is 0. The van der Waals surface area contributed by atoms with Crippen molar-refractivity contribution in [2.45, 2.75) is 32.9 Å². The van der Waals surface area contributed by atoms with Gasteiger partial charge >= 0.3 is 0 Å². The number of rotatable bonds is 7. The second kappa shape index (κ2) is 8.29. The number of pyridine rings is 1. The van der Waals surface area contributed by atoms with E-state index < -0.39 is 0 Å². The predicted molar refractivity (Wildman–Crippen MR) is 88.4 cm³/mol. The average molecular weight is 314 g/mol. The minimum atomic E-state index is -0.221. The highest BCUT2D eigenvalue weighted by Gasteiger charge is 2.11. The number of nitrogens with one attached hydrogen (secondary N) is 1. The van der Waals surface area contributed by atoms with Crippen molar-refractivity contribution in [1.82, 2.24) is 10.3 Å². The van der Waals surface area contributed by atoms with Crippen LogP contribution in [0.2, 0.25) is 0 Å². The fourth-order valence-electron chi connectivity index (χ4n) is 2.05. The third-order valence-corrected chi connectivity index (χ3v) is 3.53. The van der Waals surface area contributed by atoms with Crippen molar-refractivity contribution in [3.63, 3.8) is 0 Å². The molecule has 0 saturated heterocycles. The van der Waals surface area contributed by atoms with Gasteiger partial charge in [0.25, 0.3) is 5.91 Å². The van der Waals surface area contributed by atoms with Gasteiger partial charge in [-0.25, -0.2) is 0 Å². The third-order valence-electron chi connectivity index (χ3n) is 3.53. The Morgan fingerprint density at radius 1 is 1.35 bits per heavy atom. The first-order chi connectivity index (χ1) is 11.1. The number of aryl methyl sites for hydroxylation is 1. The van der Waals surface area contributed by atoms with Crippen molar-refractivity contribution < 1.29 is 14.6 Å². The van der Waals surface area contributed by atoms with Gasteiger partial charge < -0.3 is 15.2 Å². The van der Waals surface area contributed by atoms with Crippen LogP contribution in [0.15, 0.2) is 42.6 Å². The van der Waals surface area contributed by atoms with Gasteiger partial charge in [-0.1, -0.05) is 19.1 Å². The fraction of sp³-hybridized carbons (Fsp3) is 0.333. The Bertz CT molecular complexity index is 637. The number of aromatic nitrogens is 1. The number of hydrogen-bond acceptors (Lipinski definition) is 4. The largest absolute Gasteiger partial charge is 0.487 e. The lowest BCUT2D eigenvalue weighted by Gasteiger charge is -2.14. The van der Waals surface area contributed by atoms with E-state index in [0.717, 1.165) is 11.3 Å². The summed E-state index contributed by atoms with van der Waals surface area (Å²) < 4.78 is 5.67. The van der Waals surface area contributed by atoms with Gasteiger partial charge in [-0.15, -0.1) is 0 Å². The molecule has 2 rings (SSSR count). The number of ether oxygens (including phenoxy) is 1. The number of aliphatic hydroxyl groups excluding tert-OH is 1. The van der Waals surface area contributed by atoms with Crippen molar-refractivity contribution in [2.24, 2.45) is 0 Å². The van der Waals surface area contributed by atoms with Gasteiger partial charge in [-0.3, -0.25) is 9.78 Å². The molecule has 0 saturated carbocycles. The molecule has 5 heteroatoms. The molecular weight excluding hydrogens is 292 g/mol. The quantitative estimate of drug-likeness (QED) is 0.823. The van der Waals surface area contributed by atoms with E-state index in [1.807, 2.05) is 38.1 Å². The second-order valence-electron chi connectivity index (χ2n) is 5.39. The molecule has 0 bridgehead atoms. The molecule has 0 radical (unpaired) electrons. The molecule has 1 heterocycles. The van der Waals surface area contributed by atoms with Crippen molar-refractivity contribution >= 4 is 5.91 Å². The molecular formula is C18H22N2O3. The molecule has 5 nitrogen and oxygen atoms in total. The lowest BCUT2D eigenvalue weighted by atomic mass is 10.1. The molecule has 0 aliphatic heterocycles. The maximum absolute atomic E-state index is 12.2. The van der Waals surface area contributed by atoms with Crippen LogP contribution in [0.3, 0.4) is 0 Å². The third kappa shape index (κ3) is 5.07. The summed E-state index contributed by atoms with van der Waals surface area (Å²) in [6.45, 7) is 4.14. The lowest BCUT2D eigenvalue weighted by molar-refractivity contribution is 0.0915. The molecule has 0 fully saturated rings. The van der Waals surface area contributed by atoms with Gasteiger partial charge in [-0.2, -0.15) is 0 Å². The van der Waals surface area contributed by atoms with Crippen LogP contribution in [0, 0.1) is 6.92 Å². The van der Waals surface area contributed by atoms with Crippen LogP contribution in [0.1, 0.15) is 35.0 Å². The Kier molecular flexibility index (Phi) is 6.11. The molecule has 122 valence electrons. The maximum Gasteiger partial charge on any atom is 0.251 e. The molecule has 1 unspecified atom stereocenters. The van der Waals surface area contributed by atoms with E-state index in [2.05, 4.69) is 10.3 Å². The van der Waals surface area contributed by atoms with E-state index in [1.165, 1.54) is 0 Å². The zero-order chi connectivity index (χ0) is 16.7. The topological polar surface area (TPSA) is 71.5 Å². The number of carbonyl (C=O) groups is 1. The number of hydrogen-bond donors (Lipinski definition) is 2. The average Bonchev–Trinajstić information content (AvgIpc) is 2.59.